The van der Waals surface area contributed by atoms with Gasteiger partial charge in [0, 0.05) is 36.1 Å². The molecule has 0 aliphatic heterocycles. The Hall–Kier alpha value is -2.84. The molecular weight excluding hydrogens is 348 g/mol. The Kier molecular flexibility index (Phi) is 4.59. The van der Waals surface area contributed by atoms with E-state index in [1.54, 1.807) is 10.8 Å². The van der Waals surface area contributed by atoms with Gasteiger partial charge in [-0.2, -0.15) is 4.98 Å². The number of carbonyl (C=O) groups is 1. The summed E-state index contributed by atoms with van der Waals surface area (Å²) < 4.78 is 6.38. The van der Waals surface area contributed by atoms with Gasteiger partial charge in [0.25, 0.3) is 5.56 Å². The van der Waals surface area contributed by atoms with E-state index in [1.165, 1.54) is 13.2 Å². The number of hydrogen-bond donors (Lipinski definition) is 3. The molecule has 9 heteroatoms. The number of carbonyl (C=O) groups excluding carboxylic acids is 1. The number of pyridine rings is 1. The van der Waals surface area contributed by atoms with E-state index in [2.05, 4.69) is 25.3 Å². The molecule has 2 aliphatic carbocycles. The number of nitrogens with two attached hydrogens (primary N) is 1. The zero-order valence-electron chi connectivity index (χ0n) is 15.3. The number of nitrogens with zero attached hydrogens (tertiary/aromatic N) is 3. The Labute approximate surface area is 156 Å². The first-order valence-corrected chi connectivity index (χ1v) is 9.34. The highest BCUT2D eigenvalue weighted by molar-refractivity contribution is 5.87. The van der Waals surface area contributed by atoms with Crippen molar-refractivity contribution in [1.82, 2.24) is 19.9 Å². The lowest BCUT2D eigenvalue weighted by Gasteiger charge is -2.29. The number of methoxy groups -OCH3 is 1. The number of amides is 1. The lowest BCUT2D eigenvalue weighted by atomic mass is 9.91. The average molecular weight is 372 g/mol. The summed E-state index contributed by atoms with van der Waals surface area (Å²) in [5.74, 6) is 0.506. The molecule has 0 unspecified atom stereocenters. The second-order valence-electron chi connectivity index (χ2n) is 7.30. The van der Waals surface area contributed by atoms with Crippen molar-refractivity contribution in [1.29, 1.82) is 0 Å². The Bertz CT molecular complexity index is 915. The molecule has 0 atom stereocenters. The van der Waals surface area contributed by atoms with Gasteiger partial charge in [-0.1, -0.05) is 0 Å². The molecule has 1 amide bonds. The zero-order valence-corrected chi connectivity index (χ0v) is 15.3. The lowest BCUT2D eigenvalue weighted by Crippen LogP contribution is -2.40. The summed E-state index contributed by atoms with van der Waals surface area (Å²) in [4.78, 5) is 32.6. The van der Waals surface area contributed by atoms with E-state index in [0.29, 0.717) is 22.7 Å². The van der Waals surface area contributed by atoms with Gasteiger partial charge in [0.15, 0.2) is 5.65 Å². The summed E-state index contributed by atoms with van der Waals surface area (Å²) in [6, 6.07) is 2.02. The smallest absolute Gasteiger partial charge is 0.407 e. The van der Waals surface area contributed by atoms with E-state index in [4.69, 9.17) is 5.73 Å². The molecule has 2 aromatic heterocycles. The van der Waals surface area contributed by atoms with Crippen LogP contribution in [0.25, 0.3) is 11.0 Å². The van der Waals surface area contributed by atoms with Crippen LogP contribution in [0.3, 0.4) is 0 Å². The van der Waals surface area contributed by atoms with Gasteiger partial charge in [-0.15, -0.1) is 0 Å². The highest BCUT2D eigenvalue weighted by Gasteiger charge is 2.28. The van der Waals surface area contributed by atoms with Gasteiger partial charge in [0.05, 0.1) is 12.5 Å². The summed E-state index contributed by atoms with van der Waals surface area (Å²) in [6.45, 7) is 0. The summed E-state index contributed by atoms with van der Waals surface area (Å²) in [6.07, 6.45) is 6.78. The summed E-state index contributed by atoms with van der Waals surface area (Å²) >= 11 is 0. The summed E-state index contributed by atoms with van der Waals surface area (Å²) in [5.41, 5.74) is 6.89. The molecule has 4 rings (SSSR count). The standard InChI is InChI=1S/C18H24N6O3/c1-27-18(26)22-11-4-2-10(3-5-11)21-17-20-9-13-14(19)8-15(25)24(12-6-7-12)16(13)23-17/h8-12H,2-7,19H2,1H3,(H,22,26)(H,20,21,23)/t10-,11-. The summed E-state index contributed by atoms with van der Waals surface area (Å²) in [7, 11) is 1.37. The maximum Gasteiger partial charge on any atom is 0.407 e. The number of rotatable bonds is 4. The van der Waals surface area contributed by atoms with Crippen LogP contribution in [0.15, 0.2) is 17.1 Å². The number of fused-ring (bicyclic) bond motifs is 1. The van der Waals surface area contributed by atoms with Crippen molar-refractivity contribution < 1.29 is 9.53 Å². The van der Waals surface area contributed by atoms with Crippen LogP contribution in [-0.2, 0) is 4.74 Å². The second-order valence-corrected chi connectivity index (χ2v) is 7.30. The SMILES string of the molecule is COC(=O)N[C@H]1CC[C@H](Nc2ncc3c(N)cc(=O)n(C4CC4)c3n2)CC1. The van der Waals surface area contributed by atoms with Crippen LogP contribution >= 0.6 is 0 Å². The van der Waals surface area contributed by atoms with E-state index in [9.17, 15) is 9.59 Å². The normalized spacial score (nSPS) is 22.4. The number of alkyl carbamates (subject to hydrolysis) is 1. The lowest BCUT2D eigenvalue weighted by molar-refractivity contribution is 0.162. The van der Waals surface area contributed by atoms with E-state index in [0.717, 1.165) is 38.5 Å². The number of ether oxygens (including phenoxy) is 1. The maximum atomic E-state index is 12.3. The molecule has 9 nitrogen and oxygen atoms in total. The Morgan fingerprint density at radius 3 is 2.59 bits per heavy atom. The molecule has 2 heterocycles. The molecule has 0 aromatic carbocycles. The van der Waals surface area contributed by atoms with Crippen LogP contribution in [-0.4, -0.2) is 39.8 Å². The van der Waals surface area contributed by atoms with Crippen LogP contribution < -0.4 is 21.9 Å². The average Bonchev–Trinajstić information content (AvgIpc) is 3.48. The minimum absolute atomic E-state index is 0.110. The highest BCUT2D eigenvalue weighted by Crippen LogP contribution is 2.36. The predicted molar refractivity (Wildman–Crippen MR) is 102 cm³/mol. The second kappa shape index (κ2) is 7.05. The molecule has 0 spiro atoms. The molecule has 0 saturated heterocycles. The fourth-order valence-electron chi connectivity index (χ4n) is 3.69. The van der Waals surface area contributed by atoms with E-state index < -0.39 is 0 Å². The fourth-order valence-corrected chi connectivity index (χ4v) is 3.69. The van der Waals surface area contributed by atoms with Crippen LogP contribution in [0.1, 0.15) is 44.6 Å². The van der Waals surface area contributed by atoms with Crippen LogP contribution in [0, 0.1) is 0 Å². The third-order valence-electron chi connectivity index (χ3n) is 5.30. The molecule has 0 bridgehead atoms. The largest absolute Gasteiger partial charge is 0.453 e. The van der Waals surface area contributed by atoms with Gasteiger partial charge in [0.1, 0.15) is 0 Å². The van der Waals surface area contributed by atoms with Crippen LogP contribution in [0.5, 0.6) is 0 Å². The number of anilines is 2. The molecule has 27 heavy (non-hydrogen) atoms. The van der Waals surface area contributed by atoms with Crippen LogP contribution in [0.2, 0.25) is 0 Å². The number of hydrogen-bond acceptors (Lipinski definition) is 7. The first-order chi connectivity index (χ1) is 13.0. The van der Waals surface area contributed by atoms with Gasteiger partial charge in [-0.25, -0.2) is 9.78 Å². The zero-order chi connectivity index (χ0) is 19.0. The molecule has 144 valence electrons. The van der Waals surface area contributed by atoms with Gasteiger partial charge >= 0.3 is 6.09 Å². The Morgan fingerprint density at radius 1 is 1.22 bits per heavy atom. The molecule has 2 aromatic rings. The van der Waals surface area contributed by atoms with Crippen molar-refractivity contribution in [3.05, 3.63) is 22.6 Å². The van der Waals surface area contributed by atoms with E-state index in [-0.39, 0.29) is 29.8 Å². The van der Waals surface area contributed by atoms with Crippen molar-refractivity contribution in [2.75, 3.05) is 18.2 Å². The molecule has 4 N–H and O–H groups in total. The monoisotopic (exact) mass is 372 g/mol. The Balaban J connectivity index is 1.49. The topological polar surface area (TPSA) is 124 Å². The maximum absolute atomic E-state index is 12.3. The van der Waals surface area contributed by atoms with Crippen molar-refractivity contribution in [3.63, 3.8) is 0 Å². The van der Waals surface area contributed by atoms with Crippen molar-refractivity contribution in [3.8, 4) is 0 Å². The fraction of sp³-hybridized carbons (Fsp3) is 0.556. The van der Waals surface area contributed by atoms with E-state index in [1.807, 2.05) is 0 Å². The molecule has 2 fully saturated rings. The third kappa shape index (κ3) is 3.67. The van der Waals surface area contributed by atoms with Crippen LogP contribution in [0.4, 0.5) is 16.4 Å². The molecule has 2 saturated carbocycles. The number of nitrogen functional groups attached to an aromatic ring is 1. The summed E-state index contributed by atoms with van der Waals surface area (Å²) in [5, 5.41) is 6.91. The Morgan fingerprint density at radius 2 is 1.93 bits per heavy atom. The minimum Gasteiger partial charge on any atom is -0.453 e. The minimum atomic E-state index is -0.389. The van der Waals surface area contributed by atoms with Crippen molar-refractivity contribution >= 4 is 28.8 Å². The first kappa shape index (κ1) is 17.6. The number of aromatic nitrogens is 3. The van der Waals surface area contributed by atoms with Gasteiger partial charge in [-0.05, 0) is 38.5 Å². The van der Waals surface area contributed by atoms with Gasteiger partial charge < -0.3 is 21.1 Å². The molecular formula is C18H24N6O3. The first-order valence-electron chi connectivity index (χ1n) is 9.34. The molecule has 2 aliphatic rings. The van der Waals surface area contributed by atoms with Crippen molar-refractivity contribution in [2.24, 2.45) is 0 Å². The predicted octanol–water partition coefficient (Wildman–Crippen LogP) is 1.79. The highest BCUT2D eigenvalue weighted by atomic mass is 16.5. The van der Waals surface area contributed by atoms with E-state index >= 15 is 0 Å². The molecule has 0 radical (unpaired) electrons. The number of nitrogens with one attached hydrogen (secondary N) is 2. The van der Waals surface area contributed by atoms with Crippen molar-refractivity contribution in [2.45, 2.75) is 56.7 Å². The van der Waals surface area contributed by atoms with Gasteiger partial charge in [0.2, 0.25) is 5.95 Å². The third-order valence-corrected chi connectivity index (χ3v) is 5.30. The quantitative estimate of drug-likeness (QED) is 0.747. The van der Waals surface area contributed by atoms with Gasteiger partial charge in [-0.3, -0.25) is 9.36 Å².